The summed E-state index contributed by atoms with van der Waals surface area (Å²) in [6.07, 6.45) is 0. The van der Waals surface area contributed by atoms with Crippen LogP contribution in [0.2, 0.25) is 0 Å². The van der Waals surface area contributed by atoms with Crippen LogP contribution >= 0.6 is 0 Å². The van der Waals surface area contributed by atoms with Crippen molar-refractivity contribution in [2.75, 3.05) is 17.2 Å². The summed E-state index contributed by atoms with van der Waals surface area (Å²) in [5.74, 6) is 3.22. The highest BCUT2D eigenvalue weighted by Crippen LogP contribution is 2.39. The number of benzene rings is 6. The molecule has 0 aliphatic heterocycles. The van der Waals surface area contributed by atoms with Gasteiger partial charge in [-0.2, -0.15) is 0 Å². The van der Waals surface area contributed by atoms with Gasteiger partial charge in [-0.15, -0.1) is 0 Å². The highest BCUT2D eigenvalue weighted by Gasteiger charge is 2.13. The van der Waals surface area contributed by atoms with Crippen molar-refractivity contribution in [1.82, 2.24) is 0 Å². The SMILES string of the molecule is Nc1ccc(Oc2ccc(F)cc2-c2ccc(Oc3ccc(N)cc3-c3ccc(Oc4ccccc4N)cc3)cc2)cc1. The van der Waals surface area contributed by atoms with E-state index in [1.54, 1.807) is 42.5 Å². The second kappa shape index (κ2) is 11.9. The van der Waals surface area contributed by atoms with Crippen molar-refractivity contribution in [3.63, 3.8) is 0 Å². The van der Waals surface area contributed by atoms with Crippen LogP contribution < -0.4 is 31.4 Å². The Morgan fingerprint density at radius 2 is 0.884 bits per heavy atom. The number of halogens is 1. The van der Waals surface area contributed by atoms with Crippen LogP contribution in [0.25, 0.3) is 22.3 Å². The van der Waals surface area contributed by atoms with Gasteiger partial charge in [-0.25, -0.2) is 4.39 Å². The highest BCUT2D eigenvalue weighted by atomic mass is 19.1. The molecule has 0 radical (unpaired) electrons. The summed E-state index contributed by atoms with van der Waals surface area (Å²) < 4.78 is 32.5. The Labute approximate surface area is 248 Å². The Morgan fingerprint density at radius 3 is 1.47 bits per heavy atom. The molecule has 0 aliphatic carbocycles. The molecule has 0 bridgehead atoms. The molecule has 7 heteroatoms. The first kappa shape index (κ1) is 27.2. The van der Waals surface area contributed by atoms with E-state index in [2.05, 4.69) is 0 Å². The smallest absolute Gasteiger partial charge is 0.150 e. The van der Waals surface area contributed by atoms with Crippen LogP contribution in [0.15, 0.2) is 133 Å². The minimum atomic E-state index is -0.366. The molecule has 0 heterocycles. The molecule has 6 nitrogen and oxygen atoms in total. The summed E-state index contributed by atoms with van der Waals surface area (Å²) in [6.45, 7) is 0. The van der Waals surface area contributed by atoms with E-state index < -0.39 is 0 Å². The summed E-state index contributed by atoms with van der Waals surface area (Å²) in [7, 11) is 0. The normalized spacial score (nSPS) is 10.7. The standard InChI is InChI=1S/C36H28FN3O3/c37-25-9-19-34(42-30-17-10-26(38)11-18-30)31(21-25)23-5-13-28(14-6-23)41-35-20-12-27(39)22-32(35)24-7-15-29(16-8-24)43-36-4-2-1-3-33(36)40/h1-22H,38-40H2. The largest absolute Gasteiger partial charge is 0.457 e. The van der Waals surface area contributed by atoms with Crippen molar-refractivity contribution < 1.29 is 18.6 Å². The number of hydrogen-bond acceptors (Lipinski definition) is 6. The van der Waals surface area contributed by atoms with Crippen LogP contribution in [0.5, 0.6) is 34.5 Å². The van der Waals surface area contributed by atoms with Crippen LogP contribution in [0.3, 0.4) is 0 Å². The molecule has 0 unspecified atom stereocenters. The van der Waals surface area contributed by atoms with Crippen LogP contribution in [-0.2, 0) is 0 Å². The van der Waals surface area contributed by atoms with Crippen molar-refractivity contribution in [2.45, 2.75) is 0 Å². The molecule has 0 saturated carbocycles. The molecular formula is C36H28FN3O3. The molecule has 43 heavy (non-hydrogen) atoms. The predicted molar refractivity (Wildman–Crippen MR) is 170 cm³/mol. The fraction of sp³-hybridized carbons (Fsp3) is 0. The number of nitrogen functional groups attached to an aromatic ring is 3. The van der Waals surface area contributed by atoms with E-state index >= 15 is 0 Å². The Morgan fingerprint density at radius 1 is 0.419 bits per heavy atom. The third-order valence-corrected chi connectivity index (χ3v) is 6.76. The van der Waals surface area contributed by atoms with Gasteiger partial charge in [0.15, 0.2) is 0 Å². The lowest BCUT2D eigenvalue weighted by Crippen LogP contribution is -1.93. The van der Waals surface area contributed by atoms with Crippen molar-refractivity contribution in [3.05, 3.63) is 139 Å². The lowest BCUT2D eigenvalue weighted by molar-refractivity contribution is 0.481. The Kier molecular flexibility index (Phi) is 7.53. The predicted octanol–water partition coefficient (Wildman–Crippen LogP) is 9.28. The van der Waals surface area contributed by atoms with Crippen LogP contribution in [0, 0.1) is 5.82 Å². The third-order valence-electron chi connectivity index (χ3n) is 6.76. The molecule has 6 N–H and O–H groups in total. The van der Waals surface area contributed by atoms with Crippen LogP contribution in [-0.4, -0.2) is 0 Å². The number of rotatable bonds is 8. The zero-order valence-electron chi connectivity index (χ0n) is 23.0. The second-order valence-corrected chi connectivity index (χ2v) is 9.86. The first-order chi connectivity index (χ1) is 20.9. The highest BCUT2D eigenvalue weighted by molar-refractivity contribution is 5.75. The van der Waals surface area contributed by atoms with Gasteiger partial charge in [-0.05, 0) is 108 Å². The van der Waals surface area contributed by atoms with Crippen molar-refractivity contribution in [1.29, 1.82) is 0 Å². The maximum absolute atomic E-state index is 14.3. The Bertz CT molecular complexity index is 1870. The van der Waals surface area contributed by atoms with Gasteiger partial charge in [0, 0.05) is 22.5 Å². The summed E-state index contributed by atoms with van der Waals surface area (Å²) in [5.41, 5.74) is 22.8. The van der Waals surface area contributed by atoms with Gasteiger partial charge < -0.3 is 31.4 Å². The van der Waals surface area contributed by atoms with E-state index in [0.29, 0.717) is 57.1 Å². The third kappa shape index (κ3) is 6.36. The fourth-order valence-electron chi connectivity index (χ4n) is 4.57. The number of nitrogens with two attached hydrogens (primary N) is 3. The topological polar surface area (TPSA) is 106 Å². The molecule has 6 aromatic rings. The van der Waals surface area contributed by atoms with Crippen LogP contribution in [0.1, 0.15) is 0 Å². The lowest BCUT2D eigenvalue weighted by Gasteiger charge is -2.15. The lowest BCUT2D eigenvalue weighted by atomic mass is 10.0. The van der Waals surface area contributed by atoms with Crippen molar-refractivity contribution in [3.8, 4) is 56.8 Å². The van der Waals surface area contributed by atoms with Gasteiger partial charge in [0.2, 0.25) is 0 Å². The van der Waals surface area contributed by atoms with E-state index in [1.807, 2.05) is 78.9 Å². The maximum Gasteiger partial charge on any atom is 0.150 e. The van der Waals surface area contributed by atoms with Crippen molar-refractivity contribution in [2.24, 2.45) is 0 Å². The van der Waals surface area contributed by atoms with Gasteiger partial charge in [-0.3, -0.25) is 0 Å². The van der Waals surface area contributed by atoms with E-state index in [4.69, 9.17) is 31.4 Å². The molecule has 0 saturated heterocycles. The maximum atomic E-state index is 14.3. The average Bonchev–Trinajstić information content (AvgIpc) is 3.02. The molecular weight excluding hydrogens is 541 g/mol. The van der Waals surface area contributed by atoms with Crippen molar-refractivity contribution >= 4 is 17.1 Å². The minimum Gasteiger partial charge on any atom is -0.457 e. The second-order valence-electron chi connectivity index (χ2n) is 9.86. The molecule has 0 atom stereocenters. The van der Waals surface area contributed by atoms with Gasteiger partial charge in [0.05, 0.1) is 5.69 Å². The molecule has 212 valence electrons. The molecule has 0 aromatic heterocycles. The molecule has 0 spiro atoms. The average molecular weight is 570 g/mol. The van der Waals surface area contributed by atoms with E-state index in [-0.39, 0.29) is 5.82 Å². The number of para-hydroxylation sites is 2. The molecule has 6 aromatic carbocycles. The first-order valence-corrected chi connectivity index (χ1v) is 13.5. The molecule has 0 amide bonds. The summed E-state index contributed by atoms with van der Waals surface area (Å²) >= 11 is 0. The number of hydrogen-bond donors (Lipinski definition) is 3. The zero-order chi connectivity index (χ0) is 29.8. The summed E-state index contributed by atoms with van der Waals surface area (Å²) in [6, 6.07) is 39.3. The van der Waals surface area contributed by atoms with Gasteiger partial charge in [0.1, 0.15) is 40.3 Å². The molecule has 0 fully saturated rings. The van der Waals surface area contributed by atoms with E-state index in [0.717, 1.165) is 16.7 Å². The number of anilines is 3. The van der Waals surface area contributed by atoms with Gasteiger partial charge in [0.25, 0.3) is 0 Å². The minimum absolute atomic E-state index is 0.366. The van der Waals surface area contributed by atoms with Gasteiger partial charge in [-0.1, -0.05) is 36.4 Å². The van der Waals surface area contributed by atoms with E-state index in [1.165, 1.54) is 12.1 Å². The summed E-state index contributed by atoms with van der Waals surface area (Å²) in [4.78, 5) is 0. The summed E-state index contributed by atoms with van der Waals surface area (Å²) in [5, 5.41) is 0. The zero-order valence-corrected chi connectivity index (χ0v) is 23.0. The molecule has 6 rings (SSSR count). The first-order valence-electron chi connectivity index (χ1n) is 13.5. The Hall–Kier alpha value is -5.95. The monoisotopic (exact) mass is 569 g/mol. The van der Waals surface area contributed by atoms with Gasteiger partial charge >= 0.3 is 0 Å². The molecule has 0 aliphatic rings. The fourth-order valence-corrected chi connectivity index (χ4v) is 4.57. The van der Waals surface area contributed by atoms with E-state index in [9.17, 15) is 4.39 Å². The number of ether oxygens (including phenoxy) is 3. The Balaban J connectivity index is 1.23. The van der Waals surface area contributed by atoms with Crippen LogP contribution in [0.4, 0.5) is 21.5 Å². The quantitative estimate of drug-likeness (QED) is 0.158.